The Labute approximate surface area is 145 Å². The van der Waals surface area contributed by atoms with E-state index >= 15 is 0 Å². The summed E-state index contributed by atoms with van der Waals surface area (Å²) in [5.74, 6) is 0. The quantitative estimate of drug-likeness (QED) is 0.839. The molecule has 0 amide bonds. The summed E-state index contributed by atoms with van der Waals surface area (Å²) in [5.41, 5.74) is 9.45. The van der Waals surface area contributed by atoms with E-state index < -0.39 is 15.1 Å². The highest BCUT2D eigenvalue weighted by atomic mass is 79.9. The minimum atomic E-state index is -3.19. The highest BCUT2D eigenvalue weighted by Crippen LogP contribution is 2.27. The molecule has 1 heterocycles. The van der Waals surface area contributed by atoms with Crippen LogP contribution in [-0.4, -0.2) is 26.0 Å². The van der Waals surface area contributed by atoms with Gasteiger partial charge < -0.3 is 5.43 Å². The smallest absolute Gasteiger partial charge is 0.152 e. The van der Waals surface area contributed by atoms with E-state index in [2.05, 4.69) is 26.8 Å². The second kappa shape index (κ2) is 6.63. The summed E-state index contributed by atoms with van der Waals surface area (Å²) in [6.45, 7) is 0. The topological polar surface area (TPSA) is 58.2 Å². The second-order valence-electron chi connectivity index (χ2n) is 5.94. The summed E-state index contributed by atoms with van der Waals surface area (Å²) in [6, 6.07) is 15.6. The monoisotopic (exact) mass is 394 g/mol. The van der Waals surface area contributed by atoms with Gasteiger partial charge in [-0.15, -0.1) is 0 Å². The molecule has 0 fully saturated rings. The summed E-state index contributed by atoms with van der Waals surface area (Å²) in [4.78, 5) is 0. The average molecular weight is 395 g/mol. The van der Waals surface area contributed by atoms with Crippen molar-refractivity contribution >= 4 is 31.5 Å². The van der Waals surface area contributed by atoms with Crippen LogP contribution in [-0.2, 0) is 22.7 Å². The number of sulfone groups is 1. The zero-order chi connectivity index (χ0) is 16.4. The summed E-state index contributed by atoms with van der Waals surface area (Å²) in [6.07, 6.45) is 2.46. The Bertz CT molecular complexity index is 793. The molecule has 1 aliphatic heterocycles. The van der Waals surface area contributed by atoms with E-state index in [1.54, 1.807) is 0 Å². The number of nitrogens with one attached hydrogen (secondary N) is 2. The van der Waals surface area contributed by atoms with Crippen LogP contribution < -0.4 is 10.9 Å². The van der Waals surface area contributed by atoms with Crippen molar-refractivity contribution in [2.24, 2.45) is 0 Å². The fraction of sp³-hybridized carbons (Fsp3) is 0.294. The van der Waals surface area contributed by atoms with Crippen molar-refractivity contribution in [2.75, 3.05) is 11.7 Å². The fourth-order valence-corrected chi connectivity index (χ4v) is 4.63. The molecule has 6 heteroatoms. The number of hydrazine groups is 1. The molecule has 0 saturated heterocycles. The molecule has 2 aromatic carbocycles. The molecule has 4 nitrogen and oxygen atoms in total. The lowest BCUT2D eigenvalue weighted by Gasteiger charge is -2.24. The third kappa shape index (κ3) is 3.94. The van der Waals surface area contributed by atoms with E-state index in [0.29, 0.717) is 12.8 Å². The highest BCUT2D eigenvalue weighted by Gasteiger charge is 2.33. The van der Waals surface area contributed by atoms with Gasteiger partial charge >= 0.3 is 0 Å². The number of hydrogen-bond donors (Lipinski definition) is 2. The maximum atomic E-state index is 12.4. The molecular formula is C17H19BrN2O2S. The molecule has 0 aromatic heterocycles. The van der Waals surface area contributed by atoms with Crippen LogP contribution in [0.2, 0.25) is 0 Å². The SMILES string of the molecule is CS(=O)(=O)C1Cc2cc(Br)ccc2NN[C@@H]1Cc1ccccc1. The largest absolute Gasteiger partial charge is 0.321 e. The van der Waals surface area contributed by atoms with E-state index in [4.69, 9.17) is 0 Å². The number of fused-ring (bicyclic) bond motifs is 1. The standard InChI is InChI=1S/C17H19BrN2O2S/c1-23(21,22)17-11-13-10-14(18)7-8-15(13)19-20-16(17)9-12-5-3-2-4-6-12/h2-8,10,16-17,19-20H,9,11H2,1H3/t16-,17?/m1/s1. The van der Waals surface area contributed by atoms with Crippen molar-refractivity contribution in [2.45, 2.75) is 24.1 Å². The lowest BCUT2D eigenvalue weighted by atomic mass is 9.99. The molecule has 0 saturated carbocycles. The zero-order valence-corrected chi connectivity index (χ0v) is 15.2. The van der Waals surface area contributed by atoms with Gasteiger partial charge in [-0.3, -0.25) is 0 Å². The van der Waals surface area contributed by atoms with E-state index in [1.807, 2.05) is 48.5 Å². The first-order valence-electron chi connectivity index (χ1n) is 7.46. The van der Waals surface area contributed by atoms with Gasteiger partial charge in [0.1, 0.15) is 0 Å². The molecule has 0 spiro atoms. The molecule has 1 aliphatic rings. The van der Waals surface area contributed by atoms with E-state index in [1.165, 1.54) is 6.26 Å². The maximum Gasteiger partial charge on any atom is 0.152 e. The molecule has 3 rings (SSSR count). The Morgan fingerprint density at radius 3 is 2.61 bits per heavy atom. The Hall–Kier alpha value is -1.37. The molecular weight excluding hydrogens is 376 g/mol. The van der Waals surface area contributed by atoms with Gasteiger partial charge in [0.05, 0.1) is 10.9 Å². The number of benzene rings is 2. The highest BCUT2D eigenvalue weighted by molar-refractivity contribution is 9.10. The van der Waals surface area contributed by atoms with Crippen LogP contribution in [0.5, 0.6) is 0 Å². The first kappa shape index (κ1) is 16.5. The summed E-state index contributed by atoms with van der Waals surface area (Å²) in [7, 11) is -3.19. The number of halogens is 1. The Balaban J connectivity index is 1.93. The van der Waals surface area contributed by atoms with Crippen molar-refractivity contribution < 1.29 is 8.42 Å². The van der Waals surface area contributed by atoms with Crippen molar-refractivity contribution in [1.29, 1.82) is 0 Å². The van der Waals surface area contributed by atoms with Crippen LogP contribution >= 0.6 is 15.9 Å². The third-order valence-corrected chi connectivity index (χ3v) is 6.27. The van der Waals surface area contributed by atoms with Crippen LogP contribution in [0.3, 0.4) is 0 Å². The van der Waals surface area contributed by atoms with Crippen LogP contribution in [0.4, 0.5) is 5.69 Å². The first-order valence-corrected chi connectivity index (χ1v) is 10.2. The Morgan fingerprint density at radius 1 is 1.17 bits per heavy atom. The number of anilines is 1. The van der Waals surface area contributed by atoms with Gasteiger partial charge in [-0.2, -0.15) is 0 Å². The normalized spacial score (nSPS) is 21.1. The van der Waals surface area contributed by atoms with Gasteiger partial charge in [0.25, 0.3) is 0 Å². The van der Waals surface area contributed by atoms with Gasteiger partial charge in [-0.1, -0.05) is 46.3 Å². The lowest BCUT2D eigenvalue weighted by Crippen LogP contribution is -2.47. The molecule has 0 bridgehead atoms. The van der Waals surface area contributed by atoms with Gasteiger partial charge in [-0.05, 0) is 42.2 Å². The summed E-state index contributed by atoms with van der Waals surface area (Å²) < 4.78 is 25.7. The van der Waals surface area contributed by atoms with Crippen molar-refractivity contribution in [1.82, 2.24) is 5.43 Å². The van der Waals surface area contributed by atoms with Crippen LogP contribution in [0, 0.1) is 0 Å². The second-order valence-corrected chi connectivity index (χ2v) is 9.12. The zero-order valence-electron chi connectivity index (χ0n) is 12.8. The van der Waals surface area contributed by atoms with Crippen molar-refractivity contribution in [3.8, 4) is 0 Å². The van der Waals surface area contributed by atoms with Crippen LogP contribution in [0.15, 0.2) is 53.0 Å². The Kier molecular flexibility index (Phi) is 4.75. The molecule has 0 aliphatic carbocycles. The number of rotatable bonds is 3. The first-order chi connectivity index (χ1) is 10.9. The molecule has 2 aromatic rings. The molecule has 2 atom stereocenters. The van der Waals surface area contributed by atoms with Crippen molar-refractivity contribution in [3.63, 3.8) is 0 Å². The molecule has 0 radical (unpaired) electrons. The fourth-order valence-electron chi connectivity index (χ4n) is 2.98. The van der Waals surface area contributed by atoms with Crippen molar-refractivity contribution in [3.05, 3.63) is 64.1 Å². The molecule has 23 heavy (non-hydrogen) atoms. The predicted octanol–water partition coefficient (Wildman–Crippen LogP) is 2.95. The van der Waals surface area contributed by atoms with E-state index in [9.17, 15) is 8.42 Å². The minimum absolute atomic E-state index is 0.196. The molecule has 1 unspecified atom stereocenters. The third-order valence-electron chi connectivity index (χ3n) is 4.18. The van der Waals surface area contributed by atoms with Crippen LogP contribution in [0.1, 0.15) is 11.1 Å². The van der Waals surface area contributed by atoms with Crippen LogP contribution in [0.25, 0.3) is 0 Å². The lowest BCUT2D eigenvalue weighted by molar-refractivity contribution is 0.504. The van der Waals surface area contributed by atoms with Gasteiger partial charge in [0.15, 0.2) is 9.84 Å². The number of hydrogen-bond acceptors (Lipinski definition) is 4. The van der Waals surface area contributed by atoms with E-state index in [0.717, 1.165) is 21.3 Å². The van der Waals surface area contributed by atoms with Gasteiger partial charge in [-0.25, -0.2) is 13.8 Å². The Morgan fingerprint density at radius 2 is 1.91 bits per heavy atom. The molecule has 2 N–H and O–H groups in total. The van der Waals surface area contributed by atoms with Gasteiger partial charge in [0.2, 0.25) is 0 Å². The average Bonchev–Trinajstić information content (AvgIpc) is 2.68. The summed E-state index contributed by atoms with van der Waals surface area (Å²) in [5, 5.41) is -0.481. The maximum absolute atomic E-state index is 12.4. The minimum Gasteiger partial charge on any atom is -0.321 e. The predicted molar refractivity (Wildman–Crippen MR) is 97.2 cm³/mol. The van der Waals surface area contributed by atoms with Gasteiger partial charge in [0, 0.05) is 16.8 Å². The summed E-state index contributed by atoms with van der Waals surface area (Å²) >= 11 is 3.46. The molecule has 122 valence electrons. The van der Waals surface area contributed by atoms with E-state index in [-0.39, 0.29) is 6.04 Å².